The molecule has 0 saturated carbocycles. The van der Waals surface area contributed by atoms with Crippen LogP contribution in [-0.2, 0) is 21.3 Å². The van der Waals surface area contributed by atoms with E-state index in [0.717, 1.165) is 44.8 Å². The Bertz CT molecular complexity index is 875. The molecule has 1 fully saturated rings. The minimum absolute atomic E-state index is 0.141. The SMILES string of the molecule is O=S(=O)(c1ccc(Cl)c(Cl)c1)N(CCCN1CCOCC1)Cc1ccncc1. The molecule has 6 nitrogen and oxygen atoms in total. The lowest BCUT2D eigenvalue weighted by Crippen LogP contribution is -2.39. The highest BCUT2D eigenvalue weighted by Gasteiger charge is 2.25. The lowest BCUT2D eigenvalue weighted by Gasteiger charge is -2.28. The van der Waals surface area contributed by atoms with Crippen molar-refractivity contribution in [3.8, 4) is 0 Å². The van der Waals surface area contributed by atoms with E-state index < -0.39 is 10.0 Å². The maximum absolute atomic E-state index is 13.3. The van der Waals surface area contributed by atoms with Gasteiger partial charge in [-0.15, -0.1) is 0 Å². The Labute approximate surface area is 176 Å². The van der Waals surface area contributed by atoms with Crippen LogP contribution in [0.5, 0.6) is 0 Å². The first-order valence-corrected chi connectivity index (χ1v) is 11.3. The van der Waals surface area contributed by atoms with Crippen molar-refractivity contribution in [3.05, 3.63) is 58.3 Å². The maximum atomic E-state index is 13.3. The summed E-state index contributed by atoms with van der Waals surface area (Å²) >= 11 is 12.0. The van der Waals surface area contributed by atoms with Gasteiger partial charge < -0.3 is 4.74 Å². The molecule has 1 saturated heterocycles. The van der Waals surface area contributed by atoms with E-state index in [4.69, 9.17) is 27.9 Å². The van der Waals surface area contributed by atoms with E-state index in [2.05, 4.69) is 9.88 Å². The van der Waals surface area contributed by atoms with Crippen LogP contribution in [0.3, 0.4) is 0 Å². The van der Waals surface area contributed by atoms with Gasteiger partial charge in [0.15, 0.2) is 0 Å². The van der Waals surface area contributed by atoms with Crippen LogP contribution in [-0.4, -0.2) is 62.0 Å². The van der Waals surface area contributed by atoms with Crippen LogP contribution < -0.4 is 0 Å². The molecular weight excluding hydrogens is 421 g/mol. The van der Waals surface area contributed by atoms with Crippen molar-refractivity contribution >= 4 is 33.2 Å². The number of rotatable bonds is 8. The van der Waals surface area contributed by atoms with Gasteiger partial charge in [0, 0.05) is 38.6 Å². The quantitative estimate of drug-likeness (QED) is 0.625. The topological polar surface area (TPSA) is 62.7 Å². The van der Waals surface area contributed by atoms with E-state index in [1.165, 1.54) is 22.5 Å². The summed E-state index contributed by atoms with van der Waals surface area (Å²) in [6, 6.07) is 8.04. The fraction of sp³-hybridized carbons (Fsp3) is 0.421. The van der Waals surface area contributed by atoms with Gasteiger partial charge in [-0.2, -0.15) is 4.31 Å². The number of ether oxygens (including phenoxy) is 1. The van der Waals surface area contributed by atoms with E-state index in [1.54, 1.807) is 12.4 Å². The molecule has 0 amide bonds. The van der Waals surface area contributed by atoms with E-state index >= 15 is 0 Å². The predicted octanol–water partition coefficient (Wildman–Crippen LogP) is 3.30. The summed E-state index contributed by atoms with van der Waals surface area (Å²) in [6.07, 6.45) is 4.05. The molecule has 1 aliphatic heterocycles. The van der Waals surface area contributed by atoms with Crippen molar-refractivity contribution in [2.75, 3.05) is 39.4 Å². The number of halogens is 2. The average Bonchev–Trinajstić information content (AvgIpc) is 2.71. The Morgan fingerprint density at radius 3 is 2.46 bits per heavy atom. The van der Waals surface area contributed by atoms with Crippen LogP contribution in [0.4, 0.5) is 0 Å². The van der Waals surface area contributed by atoms with Crippen LogP contribution in [0, 0.1) is 0 Å². The normalized spacial score (nSPS) is 15.8. The zero-order valence-electron chi connectivity index (χ0n) is 15.4. The Morgan fingerprint density at radius 1 is 1.07 bits per heavy atom. The van der Waals surface area contributed by atoms with Gasteiger partial charge in [-0.3, -0.25) is 9.88 Å². The van der Waals surface area contributed by atoms with Gasteiger partial charge in [0.1, 0.15) is 0 Å². The molecule has 9 heteroatoms. The van der Waals surface area contributed by atoms with E-state index in [0.29, 0.717) is 11.6 Å². The molecule has 2 aromatic rings. The third-order valence-corrected chi connectivity index (χ3v) is 7.20. The monoisotopic (exact) mass is 443 g/mol. The molecule has 0 aliphatic carbocycles. The molecular formula is C19H23Cl2N3O3S. The van der Waals surface area contributed by atoms with Gasteiger partial charge >= 0.3 is 0 Å². The standard InChI is InChI=1S/C19H23Cl2N3O3S/c20-18-3-2-17(14-19(18)21)28(25,26)24(15-16-4-6-22-7-5-16)9-1-8-23-10-12-27-13-11-23/h2-7,14H,1,8-13,15H2. The number of pyridine rings is 1. The molecule has 0 atom stereocenters. The van der Waals surface area contributed by atoms with Gasteiger partial charge in [0.05, 0.1) is 28.2 Å². The van der Waals surface area contributed by atoms with Gasteiger partial charge in [0.2, 0.25) is 10.0 Å². The summed E-state index contributed by atoms with van der Waals surface area (Å²) in [4.78, 5) is 6.43. The molecule has 1 aliphatic rings. The van der Waals surface area contributed by atoms with Crippen LogP contribution >= 0.6 is 23.2 Å². The first-order chi connectivity index (χ1) is 13.5. The van der Waals surface area contributed by atoms with Crippen molar-refractivity contribution in [3.63, 3.8) is 0 Å². The summed E-state index contributed by atoms with van der Waals surface area (Å²) in [5, 5.41) is 0.550. The molecule has 0 N–H and O–H groups in total. The summed E-state index contributed by atoms with van der Waals surface area (Å²) in [5.41, 5.74) is 0.880. The summed E-state index contributed by atoms with van der Waals surface area (Å²) in [7, 11) is -3.71. The van der Waals surface area contributed by atoms with Crippen LogP contribution in [0.1, 0.15) is 12.0 Å². The Balaban J connectivity index is 1.76. The van der Waals surface area contributed by atoms with Crippen LogP contribution in [0.2, 0.25) is 10.0 Å². The zero-order valence-corrected chi connectivity index (χ0v) is 17.8. The highest BCUT2D eigenvalue weighted by Crippen LogP contribution is 2.27. The fourth-order valence-electron chi connectivity index (χ4n) is 3.06. The van der Waals surface area contributed by atoms with Crippen molar-refractivity contribution in [1.82, 2.24) is 14.2 Å². The minimum Gasteiger partial charge on any atom is -0.379 e. The number of sulfonamides is 1. The van der Waals surface area contributed by atoms with E-state index in [-0.39, 0.29) is 16.5 Å². The molecule has 0 bridgehead atoms. The average molecular weight is 444 g/mol. The largest absolute Gasteiger partial charge is 0.379 e. The second kappa shape index (κ2) is 10.0. The highest BCUT2D eigenvalue weighted by atomic mass is 35.5. The smallest absolute Gasteiger partial charge is 0.243 e. The molecule has 0 unspecified atom stereocenters. The lowest BCUT2D eigenvalue weighted by atomic mass is 10.2. The number of hydrogen-bond donors (Lipinski definition) is 0. The summed E-state index contributed by atoms with van der Waals surface area (Å²) in [5.74, 6) is 0. The lowest BCUT2D eigenvalue weighted by molar-refractivity contribution is 0.0368. The second-order valence-electron chi connectivity index (χ2n) is 6.58. The summed E-state index contributed by atoms with van der Waals surface area (Å²) in [6.45, 7) is 4.71. The maximum Gasteiger partial charge on any atom is 0.243 e. The highest BCUT2D eigenvalue weighted by molar-refractivity contribution is 7.89. The van der Waals surface area contributed by atoms with Crippen molar-refractivity contribution in [2.45, 2.75) is 17.9 Å². The molecule has 28 heavy (non-hydrogen) atoms. The van der Waals surface area contributed by atoms with Crippen molar-refractivity contribution in [2.24, 2.45) is 0 Å². The fourth-order valence-corrected chi connectivity index (χ4v) is 4.91. The third kappa shape index (κ3) is 5.65. The number of nitrogens with zero attached hydrogens (tertiary/aromatic N) is 3. The molecule has 1 aromatic heterocycles. The molecule has 0 spiro atoms. The number of hydrogen-bond acceptors (Lipinski definition) is 5. The Morgan fingerprint density at radius 2 is 1.79 bits per heavy atom. The van der Waals surface area contributed by atoms with Gasteiger partial charge in [-0.1, -0.05) is 23.2 Å². The van der Waals surface area contributed by atoms with E-state index in [9.17, 15) is 8.42 Å². The zero-order chi connectivity index (χ0) is 20.0. The number of benzene rings is 1. The predicted molar refractivity (Wildman–Crippen MR) is 110 cm³/mol. The molecule has 0 radical (unpaired) electrons. The van der Waals surface area contributed by atoms with Crippen LogP contribution in [0.25, 0.3) is 0 Å². The van der Waals surface area contributed by atoms with Gasteiger partial charge in [0.25, 0.3) is 0 Å². The Kier molecular flexibility index (Phi) is 7.68. The van der Waals surface area contributed by atoms with Gasteiger partial charge in [-0.25, -0.2) is 8.42 Å². The number of aromatic nitrogens is 1. The number of morpholine rings is 1. The van der Waals surface area contributed by atoms with E-state index in [1.807, 2.05) is 12.1 Å². The van der Waals surface area contributed by atoms with Crippen LogP contribution in [0.15, 0.2) is 47.6 Å². The second-order valence-corrected chi connectivity index (χ2v) is 9.33. The Hall–Kier alpha value is -1.22. The molecule has 2 heterocycles. The van der Waals surface area contributed by atoms with Gasteiger partial charge in [-0.05, 0) is 48.9 Å². The molecule has 1 aromatic carbocycles. The minimum atomic E-state index is -3.71. The first-order valence-electron chi connectivity index (χ1n) is 9.11. The summed E-state index contributed by atoms with van der Waals surface area (Å²) < 4.78 is 33.4. The van der Waals surface area contributed by atoms with Crippen molar-refractivity contribution in [1.29, 1.82) is 0 Å². The van der Waals surface area contributed by atoms with Crippen molar-refractivity contribution < 1.29 is 13.2 Å². The first kappa shape index (κ1) is 21.5. The third-order valence-electron chi connectivity index (χ3n) is 4.62. The molecule has 152 valence electrons. The molecule has 3 rings (SSSR count).